The maximum absolute atomic E-state index is 11.8. The van der Waals surface area contributed by atoms with Gasteiger partial charge in [-0.25, -0.2) is 0 Å². The average Bonchev–Trinajstić information content (AvgIpc) is 2.64. The largest absolute Gasteiger partial charge is 0.340 e. The van der Waals surface area contributed by atoms with Crippen molar-refractivity contribution < 1.29 is 4.79 Å². The summed E-state index contributed by atoms with van der Waals surface area (Å²) >= 11 is 11.9. The second kappa shape index (κ2) is 4.94. The van der Waals surface area contributed by atoms with Gasteiger partial charge in [-0.3, -0.25) is 15.1 Å². The average molecular weight is 272 g/mol. The van der Waals surface area contributed by atoms with Gasteiger partial charge in [0.15, 0.2) is 5.96 Å². The highest BCUT2D eigenvalue weighted by Crippen LogP contribution is 2.27. The van der Waals surface area contributed by atoms with E-state index >= 15 is 0 Å². The molecule has 2 N–H and O–H groups in total. The van der Waals surface area contributed by atoms with Crippen LogP contribution in [0.15, 0.2) is 23.2 Å². The number of halogens is 2. The molecule has 1 unspecified atom stereocenters. The molecule has 1 heterocycles. The van der Waals surface area contributed by atoms with Crippen LogP contribution in [0.3, 0.4) is 0 Å². The second-order valence-corrected chi connectivity index (χ2v) is 4.40. The van der Waals surface area contributed by atoms with Crippen LogP contribution in [-0.4, -0.2) is 18.4 Å². The minimum atomic E-state index is -0.536. The summed E-state index contributed by atoms with van der Waals surface area (Å²) in [5, 5.41) is 6.66. The normalized spacial score (nSPS) is 21.5. The summed E-state index contributed by atoms with van der Waals surface area (Å²) in [5.74, 6) is 0.292. The van der Waals surface area contributed by atoms with Gasteiger partial charge in [-0.05, 0) is 25.1 Å². The summed E-state index contributed by atoms with van der Waals surface area (Å²) in [6.07, 6.45) is 0. The molecule has 1 fully saturated rings. The van der Waals surface area contributed by atoms with Crippen molar-refractivity contribution in [2.45, 2.75) is 13.0 Å². The molecule has 4 nitrogen and oxygen atoms in total. The third-order valence-corrected chi connectivity index (χ3v) is 2.95. The summed E-state index contributed by atoms with van der Waals surface area (Å²) in [7, 11) is 0. The number of hydrogen-bond donors (Lipinski definition) is 2. The standard InChI is InChI=1S/C11H11Cl2N3O/c1-2-14-11-15-9(10(17)16-11)7-5-6(12)3-4-8(7)13/h3-5,9H,2H2,1H3,(H2,14,15,16,17). The first-order valence-electron chi connectivity index (χ1n) is 5.18. The SMILES string of the molecule is CCN=C1NC(=O)C(c2cc(Cl)ccc2Cl)N1. The van der Waals surface area contributed by atoms with Gasteiger partial charge in [0.2, 0.25) is 0 Å². The molecular weight excluding hydrogens is 261 g/mol. The van der Waals surface area contributed by atoms with Gasteiger partial charge in [0.05, 0.1) is 0 Å². The number of guanidine groups is 1. The molecule has 90 valence electrons. The highest BCUT2D eigenvalue weighted by Gasteiger charge is 2.31. The third kappa shape index (κ3) is 2.53. The molecule has 0 aliphatic carbocycles. The van der Waals surface area contributed by atoms with E-state index in [4.69, 9.17) is 23.2 Å². The van der Waals surface area contributed by atoms with Crippen LogP contribution >= 0.6 is 23.2 Å². The van der Waals surface area contributed by atoms with Crippen LogP contribution in [0.2, 0.25) is 10.0 Å². The number of amides is 1. The summed E-state index contributed by atoms with van der Waals surface area (Å²) in [6, 6.07) is 4.49. The molecule has 0 saturated carbocycles. The Hall–Kier alpha value is -1.26. The van der Waals surface area contributed by atoms with E-state index in [-0.39, 0.29) is 5.91 Å². The fraction of sp³-hybridized carbons (Fsp3) is 0.273. The Kier molecular flexibility index (Phi) is 3.54. The number of rotatable bonds is 2. The van der Waals surface area contributed by atoms with Crippen LogP contribution in [0.1, 0.15) is 18.5 Å². The van der Waals surface area contributed by atoms with Crippen molar-refractivity contribution in [3.05, 3.63) is 33.8 Å². The maximum atomic E-state index is 11.8. The Bertz CT molecular complexity index is 488. The predicted octanol–water partition coefficient (Wildman–Crippen LogP) is 2.13. The van der Waals surface area contributed by atoms with E-state index in [0.29, 0.717) is 28.1 Å². The van der Waals surface area contributed by atoms with Gasteiger partial charge in [-0.15, -0.1) is 0 Å². The van der Waals surface area contributed by atoms with E-state index < -0.39 is 6.04 Å². The topological polar surface area (TPSA) is 53.5 Å². The van der Waals surface area contributed by atoms with Crippen LogP contribution in [0.4, 0.5) is 0 Å². The second-order valence-electron chi connectivity index (χ2n) is 3.56. The Labute approximate surface area is 109 Å². The van der Waals surface area contributed by atoms with Crippen molar-refractivity contribution >= 4 is 35.1 Å². The molecule has 0 aromatic heterocycles. The van der Waals surface area contributed by atoms with Crippen LogP contribution in [0.25, 0.3) is 0 Å². The number of nitrogens with zero attached hydrogens (tertiary/aromatic N) is 1. The van der Waals surface area contributed by atoms with Gasteiger partial charge in [0, 0.05) is 22.2 Å². The molecule has 1 amide bonds. The van der Waals surface area contributed by atoms with Crippen molar-refractivity contribution in [3.63, 3.8) is 0 Å². The van der Waals surface area contributed by atoms with E-state index in [2.05, 4.69) is 15.6 Å². The predicted molar refractivity (Wildman–Crippen MR) is 68.5 cm³/mol. The van der Waals surface area contributed by atoms with Crippen molar-refractivity contribution in [1.82, 2.24) is 10.6 Å². The van der Waals surface area contributed by atoms with Crippen LogP contribution in [0.5, 0.6) is 0 Å². The van der Waals surface area contributed by atoms with Crippen molar-refractivity contribution in [3.8, 4) is 0 Å². The number of nitrogens with one attached hydrogen (secondary N) is 2. The van der Waals surface area contributed by atoms with Gasteiger partial charge >= 0.3 is 0 Å². The number of benzene rings is 1. The number of hydrogen-bond acceptors (Lipinski definition) is 2. The Morgan fingerprint density at radius 2 is 2.18 bits per heavy atom. The molecule has 0 bridgehead atoms. The van der Waals surface area contributed by atoms with Crippen molar-refractivity contribution in [1.29, 1.82) is 0 Å². The molecule has 1 aromatic rings. The fourth-order valence-corrected chi connectivity index (χ4v) is 2.03. The van der Waals surface area contributed by atoms with Crippen molar-refractivity contribution in [2.75, 3.05) is 6.54 Å². The van der Waals surface area contributed by atoms with Crippen LogP contribution in [-0.2, 0) is 4.79 Å². The zero-order valence-corrected chi connectivity index (χ0v) is 10.6. The first-order valence-corrected chi connectivity index (χ1v) is 5.94. The van der Waals surface area contributed by atoms with E-state index in [9.17, 15) is 4.79 Å². The smallest absolute Gasteiger partial charge is 0.253 e. The van der Waals surface area contributed by atoms with E-state index in [1.807, 2.05) is 6.92 Å². The van der Waals surface area contributed by atoms with E-state index in [1.165, 1.54) is 0 Å². The van der Waals surface area contributed by atoms with E-state index in [1.54, 1.807) is 18.2 Å². The molecule has 6 heteroatoms. The minimum absolute atomic E-state index is 0.179. The Morgan fingerprint density at radius 1 is 1.41 bits per heavy atom. The Morgan fingerprint density at radius 3 is 2.88 bits per heavy atom. The highest BCUT2D eigenvalue weighted by atomic mass is 35.5. The summed E-state index contributed by atoms with van der Waals surface area (Å²) in [5.41, 5.74) is 0.651. The van der Waals surface area contributed by atoms with Gasteiger partial charge in [-0.2, -0.15) is 0 Å². The first-order chi connectivity index (χ1) is 8.11. The molecule has 0 spiro atoms. The summed E-state index contributed by atoms with van der Waals surface area (Å²) < 4.78 is 0. The molecule has 1 atom stereocenters. The fourth-order valence-electron chi connectivity index (χ4n) is 1.63. The van der Waals surface area contributed by atoms with Gasteiger partial charge in [-0.1, -0.05) is 23.2 Å². The zero-order chi connectivity index (χ0) is 12.4. The molecule has 0 radical (unpaired) electrons. The van der Waals surface area contributed by atoms with Gasteiger partial charge < -0.3 is 5.32 Å². The van der Waals surface area contributed by atoms with Crippen LogP contribution in [0, 0.1) is 0 Å². The van der Waals surface area contributed by atoms with Crippen molar-refractivity contribution in [2.24, 2.45) is 4.99 Å². The van der Waals surface area contributed by atoms with Gasteiger partial charge in [0.25, 0.3) is 5.91 Å². The lowest BCUT2D eigenvalue weighted by Gasteiger charge is -2.10. The van der Waals surface area contributed by atoms with Gasteiger partial charge in [0.1, 0.15) is 6.04 Å². The molecule has 1 aliphatic heterocycles. The number of carbonyl (C=O) groups excluding carboxylic acids is 1. The molecule has 1 aromatic carbocycles. The third-order valence-electron chi connectivity index (χ3n) is 2.37. The molecule has 1 aliphatic rings. The monoisotopic (exact) mass is 271 g/mol. The zero-order valence-electron chi connectivity index (χ0n) is 9.13. The quantitative estimate of drug-likeness (QED) is 0.866. The molecular formula is C11H11Cl2N3O. The first kappa shape index (κ1) is 12.2. The Balaban J connectivity index is 2.32. The number of aliphatic imine (C=N–C) groups is 1. The molecule has 17 heavy (non-hydrogen) atoms. The maximum Gasteiger partial charge on any atom is 0.253 e. The number of carbonyl (C=O) groups is 1. The van der Waals surface area contributed by atoms with Crippen LogP contribution < -0.4 is 10.6 Å². The summed E-state index contributed by atoms with van der Waals surface area (Å²) in [6.45, 7) is 2.49. The lowest BCUT2D eigenvalue weighted by molar-refractivity contribution is -0.120. The highest BCUT2D eigenvalue weighted by molar-refractivity contribution is 6.34. The lowest BCUT2D eigenvalue weighted by atomic mass is 10.1. The molecule has 1 saturated heterocycles. The summed E-state index contributed by atoms with van der Waals surface area (Å²) in [4.78, 5) is 15.9. The lowest BCUT2D eigenvalue weighted by Crippen LogP contribution is -2.25. The molecule has 2 rings (SSSR count). The van der Waals surface area contributed by atoms with E-state index in [0.717, 1.165) is 0 Å². The minimum Gasteiger partial charge on any atom is -0.340 e.